The summed E-state index contributed by atoms with van der Waals surface area (Å²) in [5.74, 6) is -1.20. The molecule has 2 atom stereocenters. The van der Waals surface area contributed by atoms with Crippen LogP contribution in [0.1, 0.15) is 55.2 Å². The van der Waals surface area contributed by atoms with Crippen LogP contribution in [-0.2, 0) is 19.6 Å². The number of amides is 1. The van der Waals surface area contributed by atoms with Crippen LogP contribution in [0, 0.1) is 6.92 Å². The smallest absolute Gasteiger partial charge is 0.338 e. The van der Waals surface area contributed by atoms with Gasteiger partial charge in [0, 0.05) is 13.1 Å². The molecule has 2 rings (SSSR count). The van der Waals surface area contributed by atoms with Crippen LogP contribution in [0.25, 0.3) is 0 Å². The van der Waals surface area contributed by atoms with Gasteiger partial charge < -0.3 is 10.1 Å². The van der Waals surface area contributed by atoms with E-state index in [0.717, 1.165) is 5.56 Å². The number of carbonyl (C=O) groups excluding carboxylic acids is 2. The maximum Gasteiger partial charge on any atom is 0.338 e. The quantitative estimate of drug-likeness (QED) is 0.596. The van der Waals surface area contributed by atoms with E-state index in [1.165, 1.54) is 23.4 Å². The molecule has 0 aliphatic heterocycles. The van der Waals surface area contributed by atoms with Gasteiger partial charge in [-0.15, -0.1) is 0 Å². The van der Waals surface area contributed by atoms with Crippen molar-refractivity contribution in [2.45, 2.75) is 51.7 Å². The van der Waals surface area contributed by atoms with Gasteiger partial charge in [0.15, 0.2) is 6.10 Å². The van der Waals surface area contributed by atoms with Crippen molar-refractivity contribution >= 4 is 21.9 Å². The van der Waals surface area contributed by atoms with Crippen molar-refractivity contribution in [1.82, 2.24) is 9.62 Å². The average Bonchev–Trinajstić information content (AvgIpc) is 2.74. The Morgan fingerprint density at radius 2 is 1.65 bits per heavy atom. The first-order valence-corrected chi connectivity index (χ1v) is 11.7. The molecule has 0 saturated heterocycles. The number of hydrogen-bond acceptors (Lipinski definition) is 5. The van der Waals surface area contributed by atoms with Crippen molar-refractivity contribution < 1.29 is 22.7 Å². The Bertz CT molecular complexity index is 1020. The minimum Gasteiger partial charge on any atom is -0.449 e. The minimum absolute atomic E-state index is 0.0560. The van der Waals surface area contributed by atoms with E-state index in [2.05, 4.69) is 5.32 Å². The summed E-state index contributed by atoms with van der Waals surface area (Å²) >= 11 is 0. The number of sulfonamides is 1. The van der Waals surface area contributed by atoms with Crippen LogP contribution in [0.5, 0.6) is 0 Å². The topological polar surface area (TPSA) is 92.8 Å². The van der Waals surface area contributed by atoms with E-state index < -0.39 is 28.0 Å². The molecule has 1 N–H and O–H groups in total. The lowest BCUT2D eigenvalue weighted by Crippen LogP contribution is -2.37. The average molecular weight is 447 g/mol. The maximum atomic E-state index is 12.9. The normalized spacial score (nSPS) is 13.5. The van der Waals surface area contributed by atoms with Gasteiger partial charge in [0.2, 0.25) is 10.0 Å². The summed E-state index contributed by atoms with van der Waals surface area (Å²) in [6.07, 6.45) is -1.04. The third-order valence-corrected chi connectivity index (χ3v) is 7.25. The Morgan fingerprint density at radius 3 is 2.23 bits per heavy atom. The van der Waals surface area contributed by atoms with E-state index in [4.69, 9.17) is 4.74 Å². The summed E-state index contributed by atoms with van der Waals surface area (Å²) in [7, 11) is -3.73. The molecule has 2 aromatic rings. The van der Waals surface area contributed by atoms with Crippen LogP contribution in [0.2, 0.25) is 0 Å². The lowest BCUT2D eigenvalue weighted by atomic mass is 10.1. The highest BCUT2D eigenvalue weighted by molar-refractivity contribution is 7.89. The Morgan fingerprint density at radius 1 is 1.03 bits per heavy atom. The SMILES string of the molecule is CCN(CC)S(=O)(=O)c1cc(C(=O)OC(C)C(=O)NC(C)c2ccccc2)ccc1C. The lowest BCUT2D eigenvalue weighted by Gasteiger charge is -2.21. The van der Waals surface area contributed by atoms with Gasteiger partial charge in [0.1, 0.15) is 0 Å². The molecule has 168 valence electrons. The van der Waals surface area contributed by atoms with Crippen LogP contribution < -0.4 is 5.32 Å². The molecule has 0 bridgehead atoms. The molecular formula is C23H30N2O5S. The van der Waals surface area contributed by atoms with Crippen molar-refractivity contribution in [3.05, 3.63) is 65.2 Å². The van der Waals surface area contributed by atoms with Gasteiger partial charge in [0.25, 0.3) is 5.91 Å². The van der Waals surface area contributed by atoms with Crippen LogP contribution in [0.3, 0.4) is 0 Å². The first-order valence-electron chi connectivity index (χ1n) is 10.3. The van der Waals surface area contributed by atoms with Gasteiger partial charge in [-0.1, -0.05) is 50.2 Å². The third kappa shape index (κ3) is 5.92. The number of hydrogen-bond donors (Lipinski definition) is 1. The number of benzene rings is 2. The molecule has 0 aromatic heterocycles. The standard InChI is InChI=1S/C23H30N2O5S/c1-6-25(7-2)31(28,29)21-15-20(14-13-16(21)3)23(27)30-18(5)22(26)24-17(4)19-11-9-8-10-12-19/h8-15,17-18H,6-7H2,1-5H3,(H,24,26). The second-order valence-electron chi connectivity index (χ2n) is 7.26. The minimum atomic E-state index is -3.73. The Balaban J connectivity index is 2.14. The largest absolute Gasteiger partial charge is 0.449 e. The van der Waals surface area contributed by atoms with Gasteiger partial charge in [0.05, 0.1) is 16.5 Å². The number of carbonyl (C=O) groups is 2. The first-order chi connectivity index (χ1) is 14.6. The zero-order valence-corrected chi connectivity index (χ0v) is 19.4. The Kier molecular flexibility index (Phi) is 8.36. The second-order valence-corrected chi connectivity index (χ2v) is 9.16. The second kappa shape index (κ2) is 10.5. The van der Waals surface area contributed by atoms with Crippen molar-refractivity contribution in [1.29, 1.82) is 0 Å². The van der Waals surface area contributed by atoms with E-state index in [1.54, 1.807) is 26.8 Å². The number of esters is 1. The summed E-state index contributed by atoms with van der Waals surface area (Å²) in [6.45, 7) is 9.15. The highest BCUT2D eigenvalue weighted by Gasteiger charge is 2.26. The molecule has 7 nitrogen and oxygen atoms in total. The molecule has 0 aliphatic rings. The van der Waals surface area contributed by atoms with Crippen molar-refractivity contribution in [2.75, 3.05) is 13.1 Å². The highest BCUT2D eigenvalue weighted by atomic mass is 32.2. The summed E-state index contributed by atoms with van der Waals surface area (Å²) in [5.41, 5.74) is 1.54. The number of rotatable bonds is 9. The molecule has 8 heteroatoms. The lowest BCUT2D eigenvalue weighted by molar-refractivity contribution is -0.129. The molecule has 0 heterocycles. The summed E-state index contributed by atoms with van der Waals surface area (Å²) in [5, 5.41) is 2.81. The summed E-state index contributed by atoms with van der Waals surface area (Å²) < 4.78 is 32.4. The molecule has 0 saturated carbocycles. The molecular weight excluding hydrogens is 416 g/mol. The molecule has 1 amide bonds. The van der Waals surface area contributed by atoms with Crippen molar-refractivity contribution in [3.63, 3.8) is 0 Å². The fourth-order valence-corrected chi connectivity index (χ4v) is 4.85. The Hall–Kier alpha value is -2.71. The van der Waals surface area contributed by atoms with Gasteiger partial charge in [-0.05, 0) is 44.0 Å². The first kappa shape index (κ1) is 24.6. The molecule has 0 spiro atoms. The molecule has 2 aromatic carbocycles. The molecule has 0 aliphatic carbocycles. The summed E-state index contributed by atoms with van der Waals surface area (Å²) in [4.78, 5) is 25.1. The predicted molar refractivity (Wildman–Crippen MR) is 119 cm³/mol. The fraction of sp³-hybridized carbons (Fsp3) is 0.391. The van der Waals surface area contributed by atoms with Crippen LogP contribution >= 0.6 is 0 Å². The van der Waals surface area contributed by atoms with Gasteiger partial charge in [-0.25, -0.2) is 13.2 Å². The number of ether oxygens (including phenoxy) is 1. The molecule has 31 heavy (non-hydrogen) atoms. The predicted octanol–water partition coefficient (Wildman–Crippen LogP) is 3.45. The van der Waals surface area contributed by atoms with E-state index in [1.807, 2.05) is 37.3 Å². The van der Waals surface area contributed by atoms with Crippen LogP contribution in [0.15, 0.2) is 53.4 Å². The maximum absolute atomic E-state index is 12.9. The third-order valence-electron chi connectivity index (χ3n) is 5.06. The number of aryl methyl sites for hydroxylation is 1. The Labute approximate surface area is 184 Å². The zero-order chi connectivity index (χ0) is 23.2. The monoisotopic (exact) mass is 446 g/mol. The van der Waals surface area contributed by atoms with E-state index in [0.29, 0.717) is 18.7 Å². The number of nitrogens with zero attached hydrogens (tertiary/aromatic N) is 1. The van der Waals surface area contributed by atoms with E-state index in [9.17, 15) is 18.0 Å². The zero-order valence-electron chi connectivity index (χ0n) is 18.6. The van der Waals surface area contributed by atoms with Crippen molar-refractivity contribution in [3.8, 4) is 0 Å². The van der Waals surface area contributed by atoms with Gasteiger partial charge >= 0.3 is 5.97 Å². The highest BCUT2D eigenvalue weighted by Crippen LogP contribution is 2.22. The van der Waals surface area contributed by atoms with Gasteiger partial charge in [-0.2, -0.15) is 4.31 Å². The molecule has 0 fully saturated rings. The molecule has 0 radical (unpaired) electrons. The molecule has 2 unspecified atom stereocenters. The van der Waals surface area contributed by atoms with Gasteiger partial charge in [-0.3, -0.25) is 4.79 Å². The summed E-state index contributed by atoms with van der Waals surface area (Å²) in [6, 6.07) is 13.6. The van der Waals surface area contributed by atoms with Crippen LogP contribution in [0.4, 0.5) is 0 Å². The van der Waals surface area contributed by atoms with Crippen molar-refractivity contribution in [2.24, 2.45) is 0 Å². The van der Waals surface area contributed by atoms with E-state index >= 15 is 0 Å². The van der Waals surface area contributed by atoms with Crippen LogP contribution in [-0.4, -0.2) is 43.8 Å². The fourth-order valence-electron chi connectivity index (χ4n) is 3.15. The van der Waals surface area contributed by atoms with E-state index in [-0.39, 0.29) is 16.5 Å². The number of nitrogens with one attached hydrogen (secondary N) is 1.